The highest BCUT2D eigenvalue weighted by molar-refractivity contribution is 8.00. The smallest absolute Gasteiger partial charge is 0.237 e. The van der Waals surface area contributed by atoms with Crippen molar-refractivity contribution < 1.29 is 9.59 Å². The Bertz CT molecular complexity index is 751. The number of halogens is 2. The monoisotopic (exact) mass is 382 g/mol. The largest absolute Gasteiger partial charge is 0.326 e. The third-order valence-corrected chi connectivity index (χ3v) is 4.88. The average molecular weight is 383 g/mol. The van der Waals surface area contributed by atoms with Gasteiger partial charge >= 0.3 is 0 Å². The molecule has 0 bridgehead atoms. The number of hydrogen-bond donors (Lipinski definition) is 2. The van der Waals surface area contributed by atoms with Crippen molar-refractivity contribution in [1.29, 1.82) is 0 Å². The molecule has 0 unspecified atom stereocenters. The predicted molar refractivity (Wildman–Crippen MR) is 101 cm³/mol. The summed E-state index contributed by atoms with van der Waals surface area (Å²) in [5, 5.41) is 6.28. The molecule has 0 spiro atoms. The van der Waals surface area contributed by atoms with Crippen LogP contribution in [-0.4, -0.2) is 17.1 Å². The molecule has 0 aliphatic heterocycles. The summed E-state index contributed by atoms with van der Waals surface area (Å²) in [4.78, 5) is 24.0. The summed E-state index contributed by atoms with van der Waals surface area (Å²) in [5.74, 6) is -0.293. The van der Waals surface area contributed by atoms with Crippen molar-refractivity contribution >= 4 is 58.2 Å². The molecule has 0 aliphatic rings. The Morgan fingerprint density at radius 1 is 1.00 bits per heavy atom. The van der Waals surface area contributed by atoms with E-state index in [-0.39, 0.29) is 17.1 Å². The van der Waals surface area contributed by atoms with E-state index < -0.39 is 0 Å². The maximum atomic E-state index is 12.3. The third-order valence-electron chi connectivity index (χ3n) is 3.04. The summed E-state index contributed by atoms with van der Waals surface area (Å²) in [7, 11) is 0. The van der Waals surface area contributed by atoms with Crippen LogP contribution in [0.15, 0.2) is 47.4 Å². The van der Waals surface area contributed by atoms with Crippen molar-refractivity contribution in [2.45, 2.75) is 24.0 Å². The molecular formula is C17H16Cl2N2O2S. The minimum absolute atomic E-state index is 0.143. The SMILES string of the molecule is CC(=O)Nc1ccc(NC(=O)[C@@H](C)Sc2cc(Cl)ccc2Cl)cc1. The molecule has 0 heterocycles. The van der Waals surface area contributed by atoms with Gasteiger partial charge in [0.25, 0.3) is 0 Å². The average Bonchev–Trinajstić information content (AvgIpc) is 2.52. The van der Waals surface area contributed by atoms with Gasteiger partial charge in [-0.1, -0.05) is 23.2 Å². The van der Waals surface area contributed by atoms with Crippen molar-refractivity contribution in [2.24, 2.45) is 0 Å². The van der Waals surface area contributed by atoms with Gasteiger partial charge in [0.15, 0.2) is 0 Å². The second kappa shape index (κ2) is 8.42. The van der Waals surface area contributed by atoms with E-state index in [1.54, 1.807) is 49.4 Å². The van der Waals surface area contributed by atoms with Gasteiger partial charge in [-0.05, 0) is 49.4 Å². The molecule has 1 atom stereocenters. The fourth-order valence-electron chi connectivity index (χ4n) is 1.90. The second-order valence-corrected chi connectivity index (χ2v) is 7.31. The van der Waals surface area contributed by atoms with Crippen LogP contribution in [0.3, 0.4) is 0 Å². The molecule has 0 aliphatic carbocycles. The molecule has 24 heavy (non-hydrogen) atoms. The van der Waals surface area contributed by atoms with Crippen LogP contribution in [-0.2, 0) is 9.59 Å². The fourth-order valence-corrected chi connectivity index (χ4v) is 3.31. The quantitative estimate of drug-likeness (QED) is 0.709. The summed E-state index contributed by atoms with van der Waals surface area (Å²) in [6.07, 6.45) is 0. The van der Waals surface area contributed by atoms with Gasteiger partial charge in [-0.3, -0.25) is 9.59 Å². The van der Waals surface area contributed by atoms with Crippen molar-refractivity contribution in [2.75, 3.05) is 10.6 Å². The van der Waals surface area contributed by atoms with Gasteiger partial charge in [-0.25, -0.2) is 0 Å². The lowest BCUT2D eigenvalue weighted by Gasteiger charge is -2.13. The molecule has 2 amide bonds. The molecule has 2 aromatic rings. The molecule has 2 aromatic carbocycles. The zero-order valence-corrected chi connectivity index (χ0v) is 15.4. The number of carbonyl (C=O) groups is 2. The summed E-state index contributed by atoms with van der Waals surface area (Å²) < 4.78 is 0. The van der Waals surface area contributed by atoms with E-state index in [9.17, 15) is 9.59 Å². The minimum atomic E-state index is -0.351. The lowest BCUT2D eigenvalue weighted by Crippen LogP contribution is -2.22. The maximum absolute atomic E-state index is 12.3. The normalized spacial score (nSPS) is 11.7. The highest BCUT2D eigenvalue weighted by Crippen LogP contribution is 2.33. The topological polar surface area (TPSA) is 58.2 Å². The molecule has 2 N–H and O–H groups in total. The van der Waals surface area contributed by atoms with E-state index >= 15 is 0 Å². The minimum Gasteiger partial charge on any atom is -0.326 e. The van der Waals surface area contributed by atoms with Crippen LogP contribution in [0.25, 0.3) is 0 Å². The van der Waals surface area contributed by atoms with Crippen molar-refractivity contribution in [1.82, 2.24) is 0 Å². The number of rotatable bonds is 5. The van der Waals surface area contributed by atoms with Crippen LogP contribution in [0.4, 0.5) is 11.4 Å². The van der Waals surface area contributed by atoms with Crippen LogP contribution < -0.4 is 10.6 Å². The number of carbonyl (C=O) groups excluding carboxylic acids is 2. The summed E-state index contributed by atoms with van der Waals surface area (Å²) in [6.45, 7) is 3.23. The van der Waals surface area contributed by atoms with Gasteiger partial charge in [0, 0.05) is 28.2 Å². The zero-order chi connectivity index (χ0) is 17.7. The molecule has 0 fully saturated rings. The number of amides is 2. The summed E-state index contributed by atoms with van der Waals surface area (Å²) in [5.41, 5.74) is 1.33. The zero-order valence-electron chi connectivity index (χ0n) is 13.1. The van der Waals surface area contributed by atoms with Crippen LogP contribution in [0.1, 0.15) is 13.8 Å². The van der Waals surface area contributed by atoms with Crippen molar-refractivity contribution in [3.8, 4) is 0 Å². The van der Waals surface area contributed by atoms with Gasteiger partial charge in [0.2, 0.25) is 11.8 Å². The third kappa shape index (κ3) is 5.44. The lowest BCUT2D eigenvalue weighted by atomic mass is 10.2. The Morgan fingerprint density at radius 3 is 2.17 bits per heavy atom. The molecule has 0 saturated carbocycles. The fraction of sp³-hybridized carbons (Fsp3) is 0.176. The first-order valence-corrected chi connectivity index (χ1v) is 8.79. The number of thioether (sulfide) groups is 1. The van der Waals surface area contributed by atoms with Gasteiger partial charge in [-0.15, -0.1) is 11.8 Å². The number of hydrogen-bond acceptors (Lipinski definition) is 3. The van der Waals surface area contributed by atoms with E-state index in [1.165, 1.54) is 18.7 Å². The standard InChI is InChI=1S/C17H16Cl2N2O2S/c1-10(24-16-9-12(18)3-8-15(16)19)17(23)21-14-6-4-13(5-7-14)20-11(2)22/h3-10H,1-2H3,(H,20,22)(H,21,23)/t10-/m1/s1. The molecule has 126 valence electrons. The Kier molecular flexibility index (Phi) is 6.54. The van der Waals surface area contributed by atoms with E-state index in [4.69, 9.17) is 23.2 Å². The summed E-state index contributed by atoms with van der Waals surface area (Å²) in [6, 6.07) is 12.1. The highest BCUT2D eigenvalue weighted by atomic mass is 35.5. The van der Waals surface area contributed by atoms with E-state index in [0.29, 0.717) is 21.4 Å². The Hall–Kier alpha value is -1.69. The lowest BCUT2D eigenvalue weighted by molar-refractivity contribution is -0.115. The number of anilines is 2. The Labute approximate surface area is 154 Å². The number of nitrogens with one attached hydrogen (secondary N) is 2. The van der Waals surface area contributed by atoms with E-state index in [0.717, 1.165) is 4.90 Å². The number of benzene rings is 2. The first kappa shape index (κ1) is 18.6. The Morgan fingerprint density at radius 2 is 1.58 bits per heavy atom. The van der Waals surface area contributed by atoms with Gasteiger partial charge in [-0.2, -0.15) is 0 Å². The first-order valence-electron chi connectivity index (χ1n) is 7.15. The van der Waals surface area contributed by atoms with Crippen LogP contribution in [0.2, 0.25) is 10.0 Å². The Balaban J connectivity index is 1.98. The molecule has 0 aromatic heterocycles. The van der Waals surface area contributed by atoms with E-state index in [2.05, 4.69) is 10.6 Å². The van der Waals surface area contributed by atoms with Gasteiger partial charge < -0.3 is 10.6 Å². The molecule has 7 heteroatoms. The first-order chi connectivity index (χ1) is 11.3. The maximum Gasteiger partial charge on any atom is 0.237 e. The predicted octanol–water partition coefficient (Wildman–Crippen LogP) is 5.07. The van der Waals surface area contributed by atoms with Crippen molar-refractivity contribution in [3.05, 3.63) is 52.5 Å². The molecule has 0 radical (unpaired) electrons. The van der Waals surface area contributed by atoms with Crippen LogP contribution in [0.5, 0.6) is 0 Å². The highest BCUT2D eigenvalue weighted by Gasteiger charge is 2.16. The van der Waals surface area contributed by atoms with Gasteiger partial charge in [0.05, 0.1) is 10.3 Å². The second-order valence-electron chi connectivity index (χ2n) is 5.08. The van der Waals surface area contributed by atoms with Gasteiger partial charge in [0.1, 0.15) is 0 Å². The molecule has 4 nitrogen and oxygen atoms in total. The molecule has 2 rings (SSSR count). The molecular weight excluding hydrogens is 367 g/mol. The van der Waals surface area contributed by atoms with Crippen LogP contribution >= 0.6 is 35.0 Å². The van der Waals surface area contributed by atoms with Crippen molar-refractivity contribution in [3.63, 3.8) is 0 Å². The molecule has 0 saturated heterocycles. The van der Waals surface area contributed by atoms with Crippen LogP contribution in [0, 0.1) is 0 Å². The van der Waals surface area contributed by atoms with E-state index in [1.807, 2.05) is 0 Å². The summed E-state index contributed by atoms with van der Waals surface area (Å²) >= 11 is 13.4.